The second-order valence-electron chi connectivity index (χ2n) is 3.48. The molecule has 5 nitrogen and oxygen atoms in total. The van der Waals surface area contributed by atoms with Crippen molar-refractivity contribution in [2.45, 2.75) is 18.9 Å². The molecule has 1 aliphatic rings. The zero-order valence-electron chi connectivity index (χ0n) is 9.03. The third kappa shape index (κ3) is 2.19. The van der Waals surface area contributed by atoms with Crippen molar-refractivity contribution < 1.29 is 19.5 Å². The van der Waals surface area contributed by atoms with Gasteiger partial charge in [-0.2, -0.15) is 0 Å². The lowest BCUT2D eigenvalue weighted by molar-refractivity contribution is -0.126. The third-order valence-corrected chi connectivity index (χ3v) is 2.55. The molecule has 1 rings (SSSR count). The topological polar surface area (TPSA) is 67.8 Å². The smallest absolute Gasteiger partial charge is 0.270 e. The Balaban J connectivity index is 2.97. The molecule has 84 valence electrons. The molecule has 0 bridgehead atoms. The fraction of sp³-hybridized carbons (Fsp3) is 0.500. The fourth-order valence-electron chi connectivity index (χ4n) is 1.55. The SMILES string of the molecule is COC1=CC=C(C(=O)NO)CC1(C)OC. The lowest BCUT2D eigenvalue weighted by Crippen LogP contribution is -2.36. The number of carbonyl (C=O) groups excluding carboxylic acids is 1. The van der Waals surface area contributed by atoms with Crippen molar-refractivity contribution in [2.24, 2.45) is 0 Å². The van der Waals surface area contributed by atoms with E-state index in [0.717, 1.165) is 0 Å². The Labute approximate surface area is 88.3 Å². The fourth-order valence-corrected chi connectivity index (χ4v) is 1.55. The van der Waals surface area contributed by atoms with Gasteiger partial charge in [-0.3, -0.25) is 10.0 Å². The number of ether oxygens (including phenoxy) is 2. The molecule has 0 saturated carbocycles. The summed E-state index contributed by atoms with van der Waals surface area (Å²) in [5.41, 5.74) is 1.38. The number of nitrogens with one attached hydrogen (secondary N) is 1. The van der Waals surface area contributed by atoms with Gasteiger partial charge in [0, 0.05) is 19.1 Å². The van der Waals surface area contributed by atoms with E-state index in [1.807, 2.05) is 6.92 Å². The molecule has 0 aromatic rings. The Bertz CT molecular complexity index is 321. The second-order valence-corrected chi connectivity index (χ2v) is 3.48. The van der Waals surface area contributed by atoms with E-state index in [4.69, 9.17) is 14.7 Å². The molecule has 0 heterocycles. The van der Waals surface area contributed by atoms with Crippen LogP contribution in [0.25, 0.3) is 0 Å². The molecule has 0 radical (unpaired) electrons. The van der Waals surface area contributed by atoms with E-state index in [0.29, 0.717) is 17.8 Å². The van der Waals surface area contributed by atoms with Crippen LogP contribution in [0.15, 0.2) is 23.5 Å². The number of amides is 1. The van der Waals surface area contributed by atoms with Crippen molar-refractivity contribution in [3.63, 3.8) is 0 Å². The first kappa shape index (κ1) is 11.7. The van der Waals surface area contributed by atoms with Gasteiger partial charge in [0.2, 0.25) is 0 Å². The Morgan fingerprint density at radius 3 is 2.67 bits per heavy atom. The quantitative estimate of drug-likeness (QED) is 0.536. The monoisotopic (exact) mass is 213 g/mol. The van der Waals surface area contributed by atoms with Crippen LogP contribution in [0.4, 0.5) is 0 Å². The van der Waals surface area contributed by atoms with Gasteiger partial charge in [0.25, 0.3) is 5.91 Å². The van der Waals surface area contributed by atoms with E-state index in [9.17, 15) is 4.79 Å². The van der Waals surface area contributed by atoms with Gasteiger partial charge in [-0.1, -0.05) is 0 Å². The lowest BCUT2D eigenvalue weighted by Gasteiger charge is -2.32. The summed E-state index contributed by atoms with van der Waals surface area (Å²) in [5, 5.41) is 8.52. The maximum absolute atomic E-state index is 11.2. The van der Waals surface area contributed by atoms with Crippen molar-refractivity contribution >= 4 is 5.91 Å². The van der Waals surface area contributed by atoms with Crippen LogP contribution < -0.4 is 5.48 Å². The molecular formula is C10H15NO4. The summed E-state index contributed by atoms with van der Waals surface area (Å²) in [4.78, 5) is 11.2. The molecule has 0 saturated heterocycles. The highest BCUT2D eigenvalue weighted by molar-refractivity contribution is 5.93. The van der Waals surface area contributed by atoms with Crippen LogP contribution in [0, 0.1) is 0 Å². The molecule has 1 unspecified atom stereocenters. The van der Waals surface area contributed by atoms with Crippen LogP contribution in [0.1, 0.15) is 13.3 Å². The van der Waals surface area contributed by atoms with Crippen molar-refractivity contribution in [3.8, 4) is 0 Å². The Kier molecular flexibility index (Phi) is 3.49. The summed E-state index contributed by atoms with van der Waals surface area (Å²) in [7, 11) is 3.10. The van der Waals surface area contributed by atoms with Gasteiger partial charge in [-0.05, 0) is 19.1 Å². The number of carbonyl (C=O) groups is 1. The number of hydrogen-bond acceptors (Lipinski definition) is 4. The van der Waals surface area contributed by atoms with Crippen molar-refractivity contribution in [2.75, 3.05) is 14.2 Å². The summed E-state index contributed by atoms with van der Waals surface area (Å²) in [6, 6.07) is 0. The van der Waals surface area contributed by atoms with E-state index in [-0.39, 0.29) is 0 Å². The summed E-state index contributed by atoms with van der Waals surface area (Å²) < 4.78 is 10.5. The number of hydrogen-bond donors (Lipinski definition) is 2. The van der Waals surface area contributed by atoms with Crippen LogP contribution in [0.5, 0.6) is 0 Å². The number of hydroxylamine groups is 1. The zero-order chi connectivity index (χ0) is 11.5. The van der Waals surface area contributed by atoms with Crippen molar-refractivity contribution in [1.82, 2.24) is 5.48 Å². The number of methoxy groups -OCH3 is 2. The molecule has 0 aromatic carbocycles. The molecule has 15 heavy (non-hydrogen) atoms. The van der Waals surface area contributed by atoms with Gasteiger partial charge in [0.15, 0.2) is 0 Å². The van der Waals surface area contributed by atoms with Gasteiger partial charge < -0.3 is 9.47 Å². The minimum atomic E-state index is -0.661. The molecule has 1 aliphatic carbocycles. The molecule has 0 aromatic heterocycles. The largest absolute Gasteiger partial charge is 0.498 e. The molecular weight excluding hydrogens is 198 g/mol. The molecule has 1 atom stereocenters. The Morgan fingerprint density at radius 1 is 1.53 bits per heavy atom. The predicted molar refractivity (Wildman–Crippen MR) is 53.1 cm³/mol. The predicted octanol–water partition coefficient (Wildman–Crippen LogP) is 0.757. The highest BCUT2D eigenvalue weighted by Gasteiger charge is 2.35. The van der Waals surface area contributed by atoms with E-state index >= 15 is 0 Å². The van der Waals surface area contributed by atoms with Crippen LogP contribution in [0.2, 0.25) is 0 Å². The maximum atomic E-state index is 11.2. The van der Waals surface area contributed by atoms with E-state index in [1.165, 1.54) is 0 Å². The molecule has 0 aliphatic heterocycles. The lowest BCUT2D eigenvalue weighted by atomic mass is 9.89. The van der Waals surface area contributed by atoms with Gasteiger partial charge in [0.1, 0.15) is 11.4 Å². The normalized spacial score (nSPS) is 25.3. The first-order valence-electron chi connectivity index (χ1n) is 4.52. The third-order valence-electron chi connectivity index (χ3n) is 2.55. The molecule has 1 amide bonds. The molecule has 0 spiro atoms. The van der Waals surface area contributed by atoms with Crippen LogP contribution in [-0.4, -0.2) is 30.9 Å². The number of allylic oxidation sites excluding steroid dienone is 2. The minimum Gasteiger partial charge on any atom is -0.498 e. The summed E-state index contributed by atoms with van der Waals surface area (Å²) in [6.07, 6.45) is 3.62. The standard InChI is InChI=1S/C10H15NO4/c1-10(15-3)6-7(9(12)11-13)4-5-8(10)14-2/h4-5,13H,6H2,1-3H3,(H,11,12). The highest BCUT2D eigenvalue weighted by atomic mass is 16.5. The molecule has 2 N–H and O–H groups in total. The van der Waals surface area contributed by atoms with E-state index < -0.39 is 11.5 Å². The van der Waals surface area contributed by atoms with Crippen LogP contribution in [-0.2, 0) is 14.3 Å². The first-order valence-corrected chi connectivity index (χ1v) is 4.52. The van der Waals surface area contributed by atoms with Gasteiger partial charge in [-0.25, -0.2) is 5.48 Å². The van der Waals surface area contributed by atoms with Gasteiger partial charge >= 0.3 is 0 Å². The first-order chi connectivity index (χ1) is 7.07. The average molecular weight is 213 g/mol. The van der Waals surface area contributed by atoms with Crippen LogP contribution in [0.3, 0.4) is 0 Å². The molecule has 0 fully saturated rings. The summed E-state index contributed by atoms with van der Waals surface area (Å²) >= 11 is 0. The van der Waals surface area contributed by atoms with Crippen LogP contribution >= 0.6 is 0 Å². The highest BCUT2D eigenvalue weighted by Crippen LogP contribution is 2.32. The zero-order valence-corrected chi connectivity index (χ0v) is 9.03. The van der Waals surface area contributed by atoms with E-state index in [2.05, 4.69) is 0 Å². The van der Waals surface area contributed by atoms with Crippen molar-refractivity contribution in [1.29, 1.82) is 0 Å². The average Bonchev–Trinajstić information content (AvgIpc) is 2.27. The minimum absolute atomic E-state index is 0.357. The second kappa shape index (κ2) is 4.46. The molecule has 5 heteroatoms. The van der Waals surface area contributed by atoms with Crippen molar-refractivity contribution in [3.05, 3.63) is 23.5 Å². The number of rotatable bonds is 3. The van der Waals surface area contributed by atoms with E-state index in [1.54, 1.807) is 31.9 Å². The summed E-state index contributed by atoms with van der Waals surface area (Å²) in [6.45, 7) is 1.82. The van der Waals surface area contributed by atoms with Gasteiger partial charge in [-0.15, -0.1) is 0 Å². The summed E-state index contributed by atoms with van der Waals surface area (Å²) in [5.74, 6) is 0.129. The maximum Gasteiger partial charge on any atom is 0.270 e. The van der Waals surface area contributed by atoms with Gasteiger partial charge in [0.05, 0.1) is 7.11 Å². The Hall–Kier alpha value is -1.33. The Morgan fingerprint density at radius 2 is 2.20 bits per heavy atom.